The molecule has 0 fully saturated rings. The highest BCUT2D eigenvalue weighted by atomic mass is 79.9. The molecule has 0 aliphatic rings. The van der Waals surface area contributed by atoms with Crippen LogP contribution in [0.5, 0.6) is 0 Å². The third-order valence-electron chi connectivity index (χ3n) is 1.35. The van der Waals surface area contributed by atoms with Crippen LogP contribution in [0.3, 0.4) is 0 Å². The predicted octanol–water partition coefficient (Wildman–Crippen LogP) is -5.91. The summed E-state index contributed by atoms with van der Waals surface area (Å²) >= 11 is 0. The Morgan fingerprint density at radius 1 is 1.23 bits per heavy atom. The number of rotatable bonds is 3. The predicted molar refractivity (Wildman–Crippen MR) is 51.5 cm³/mol. The Hall–Kier alpha value is 0.620. The molecule has 0 aromatic rings. The summed E-state index contributed by atoms with van der Waals surface area (Å²) in [5.74, 6) is 0. The van der Waals surface area contributed by atoms with Crippen molar-refractivity contribution in [2.75, 3.05) is 41.3 Å². The van der Waals surface area contributed by atoms with Crippen molar-refractivity contribution >= 4 is 0 Å². The smallest absolute Gasteiger partial charge is 0.0937 e. The fourth-order valence-corrected chi connectivity index (χ4v) is 0.167. The minimum atomic E-state index is 0. The lowest BCUT2D eigenvalue weighted by atomic mass is 10.6. The third-order valence-corrected chi connectivity index (χ3v) is 1.35. The molecule has 0 spiro atoms. The van der Waals surface area contributed by atoms with Crippen LogP contribution < -0.4 is 39.3 Å². The van der Waals surface area contributed by atoms with E-state index in [1.807, 2.05) is 13.1 Å². The van der Waals surface area contributed by atoms with E-state index in [2.05, 4.69) is 40.0 Å². The molecule has 0 aliphatic carbocycles. The zero-order valence-electron chi connectivity index (χ0n) is 9.48. The van der Waals surface area contributed by atoms with Gasteiger partial charge in [0.1, 0.15) is 0 Å². The van der Waals surface area contributed by atoms with E-state index < -0.39 is 0 Å². The lowest BCUT2D eigenvalue weighted by Crippen LogP contribution is -3.00. The molecule has 0 aliphatic heterocycles. The van der Waals surface area contributed by atoms with Crippen LogP contribution in [0.4, 0.5) is 0 Å². The highest BCUT2D eigenvalue weighted by Gasteiger charge is 1.97. The van der Waals surface area contributed by atoms with Crippen molar-refractivity contribution in [3.05, 3.63) is 12.7 Å². The van der Waals surface area contributed by atoms with Crippen LogP contribution in [0, 0.1) is 0 Å². The summed E-state index contributed by atoms with van der Waals surface area (Å²) in [6.45, 7) is 7.94. The molecule has 0 aromatic carbocycles. The number of hydrogen-bond acceptors (Lipinski definition) is 0. The molecule has 0 atom stereocenters. The first-order valence-corrected chi connectivity index (χ1v) is 4.17. The van der Waals surface area contributed by atoms with Crippen LogP contribution in [0.1, 0.15) is 6.92 Å². The van der Waals surface area contributed by atoms with Crippen LogP contribution in [0.2, 0.25) is 0 Å². The van der Waals surface area contributed by atoms with Gasteiger partial charge in [-0.05, 0) is 13.0 Å². The molecule has 0 bridgehead atoms. The van der Waals surface area contributed by atoms with Gasteiger partial charge in [-0.2, -0.15) is 0 Å². The molecule has 0 amide bonds. The summed E-state index contributed by atoms with van der Waals surface area (Å²) in [4.78, 5) is 0. The van der Waals surface area contributed by atoms with Gasteiger partial charge in [0.25, 0.3) is 0 Å². The van der Waals surface area contributed by atoms with Crippen LogP contribution in [-0.4, -0.2) is 45.8 Å². The van der Waals surface area contributed by atoms with E-state index in [9.17, 15) is 0 Å². The third kappa shape index (κ3) is 45.1. The van der Waals surface area contributed by atoms with Crippen LogP contribution in [0.25, 0.3) is 0 Å². The second-order valence-electron chi connectivity index (χ2n) is 3.54. The molecule has 4 heteroatoms. The molecule has 0 unspecified atom stereocenters. The molecular weight excluding hydrogens is 296 g/mol. The van der Waals surface area contributed by atoms with Gasteiger partial charge in [0.05, 0.1) is 41.3 Å². The topological polar surface area (TPSA) is 16.6 Å². The molecule has 0 saturated carbocycles. The Morgan fingerprint density at radius 3 is 1.54 bits per heavy atom. The van der Waals surface area contributed by atoms with Crippen molar-refractivity contribution in [1.82, 2.24) is 0 Å². The molecule has 0 aromatic heterocycles. The maximum Gasteiger partial charge on any atom is 0.0937 e. The zero-order chi connectivity index (χ0) is 9.33. The number of likely N-dealkylation sites (N-methyl/N-ethyl adjacent to an activating group) is 1. The van der Waals surface area contributed by atoms with E-state index in [-0.39, 0.29) is 34.0 Å². The van der Waals surface area contributed by atoms with Gasteiger partial charge in [0.2, 0.25) is 0 Å². The highest BCUT2D eigenvalue weighted by Crippen LogP contribution is 1.83. The lowest BCUT2D eigenvalue weighted by molar-refractivity contribution is -0.868. The average molecular weight is 320 g/mol. The molecule has 13 heavy (non-hydrogen) atoms. The number of quaternary nitrogens is 2. The van der Waals surface area contributed by atoms with Crippen molar-refractivity contribution in [2.45, 2.75) is 6.92 Å². The summed E-state index contributed by atoms with van der Waals surface area (Å²) in [5, 5.41) is 2.06. The zero-order valence-corrected chi connectivity index (χ0v) is 12.7. The molecular formula is C9H24Br2N2. The van der Waals surface area contributed by atoms with Crippen LogP contribution >= 0.6 is 0 Å². The Balaban J connectivity index is -0.0000000546. The Kier molecular flexibility index (Phi) is 27.2. The van der Waals surface area contributed by atoms with Gasteiger partial charge in [-0.15, -0.1) is 0 Å². The fourth-order valence-electron chi connectivity index (χ4n) is 0.167. The summed E-state index contributed by atoms with van der Waals surface area (Å²) < 4.78 is 1.07. The van der Waals surface area contributed by atoms with E-state index >= 15 is 0 Å². The summed E-state index contributed by atoms with van der Waals surface area (Å²) in [6, 6.07) is 0. The lowest BCUT2D eigenvalue weighted by Gasteiger charge is -2.20. The minimum Gasteiger partial charge on any atom is -1.00 e. The van der Waals surface area contributed by atoms with Gasteiger partial charge in [-0.25, -0.2) is 0 Å². The summed E-state index contributed by atoms with van der Waals surface area (Å²) in [6.07, 6.45) is 1.88. The van der Waals surface area contributed by atoms with Gasteiger partial charge in [-0.3, -0.25) is 0 Å². The highest BCUT2D eigenvalue weighted by molar-refractivity contribution is 4.60. The van der Waals surface area contributed by atoms with Crippen LogP contribution in [0.15, 0.2) is 12.7 Å². The quantitative estimate of drug-likeness (QED) is 0.394. The molecule has 84 valence electrons. The number of hydrogen-bond donors (Lipinski definition) is 1. The second kappa shape index (κ2) is 15.1. The van der Waals surface area contributed by atoms with Gasteiger partial charge in [0.15, 0.2) is 0 Å². The number of nitrogens with zero attached hydrogens (tertiary/aromatic N) is 1. The summed E-state index contributed by atoms with van der Waals surface area (Å²) in [5.41, 5.74) is 0. The first kappa shape index (κ1) is 23.4. The van der Waals surface area contributed by atoms with Crippen molar-refractivity contribution in [2.24, 2.45) is 0 Å². The molecule has 2 N–H and O–H groups in total. The fraction of sp³-hybridized carbons (Fsp3) is 0.778. The summed E-state index contributed by atoms with van der Waals surface area (Å²) in [7, 11) is 8.56. The largest absolute Gasteiger partial charge is 1.00 e. The maximum atomic E-state index is 3.52. The Labute approximate surface area is 105 Å². The van der Waals surface area contributed by atoms with Crippen molar-refractivity contribution in [3.63, 3.8) is 0 Å². The first-order chi connectivity index (χ1) is 4.97. The van der Waals surface area contributed by atoms with Gasteiger partial charge < -0.3 is 43.8 Å². The Morgan fingerprint density at radius 2 is 1.54 bits per heavy atom. The van der Waals surface area contributed by atoms with Crippen molar-refractivity contribution in [3.8, 4) is 0 Å². The molecule has 0 saturated heterocycles. The molecule has 2 nitrogen and oxygen atoms in total. The Bertz CT molecular complexity index is 90.1. The van der Waals surface area contributed by atoms with E-state index in [0.29, 0.717) is 0 Å². The van der Waals surface area contributed by atoms with Crippen molar-refractivity contribution in [1.29, 1.82) is 0 Å². The standard InChI is InChI=1S/C5H14N.C4H9N.2BrH/c1-5-6(2,3)4;1-3-4-5-2;;/h5H2,1-4H3;3,5H,1,4H2,2H3;2*1H/q+1;;;/p-1. The van der Waals surface area contributed by atoms with E-state index in [1.54, 1.807) is 0 Å². The molecule has 0 rings (SSSR count). The maximum absolute atomic E-state index is 3.52. The SMILES string of the molecule is C=CC[NH2+]C.CC[N+](C)(C)C.[Br-].[Br-]. The van der Waals surface area contributed by atoms with E-state index in [1.165, 1.54) is 6.54 Å². The second-order valence-corrected chi connectivity index (χ2v) is 3.54. The number of halogens is 2. The minimum absolute atomic E-state index is 0. The van der Waals surface area contributed by atoms with E-state index in [4.69, 9.17) is 0 Å². The monoisotopic (exact) mass is 318 g/mol. The molecule has 0 radical (unpaired) electrons. The van der Waals surface area contributed by atoms with Gasteiger partial charge in [0, 0.05) is 0 Å². The average Bonchev–Trinajstić information content (AvgIpc) is 1.90. The van der Waals surface area contributed by atoms with E-state index in [0.717, 1.165) is 11.0 Å². The normalized spacial score (nSPS) is 8.38. The van der Waals surface area contributed by atoms with Gasteiger partial charge >= 0.3 is 0 Å². The number of nitrogens with two attached hydrogens (primary N) is 1. The van der Waals surface area contributed by atoms with Gasteiger partial charge in [-0.1, -0.05) is 6.58 Å². The van der Waals surface area contributed by atoms with Crippen molar-refractivity contribution < 1.29 is 43.8 Å². The first-order valence-electron chi connectivity index (χ1n) is 4.17. The molecule has 0 heterocycles. The van der Waals surface area contributed by atoms with Crippen LogP contribution in [-0.2, 0) is 0 Å².